The maximum atomic E-state index is 13.0. The second kappa shape index (κ2) is 4.59. The summed E-state index contributed by atoms with van der Waals surface area (Å²) in [5.41, 5.74) is -2.38. The van der Waals surface area contributed by atoms with E-state index in [0.29, 0.717) is 15.7 Å². The Labute approximate surface area is 104 Å². The lowest BCUT2D eigenvalue weighted by Gasteiger charge is -2.12. The Morgan fingerprint density at radius 3 is 2.37 bits per heavy atom. The number of nitrogens with one attached hydrogen (secondary N) is 1. The van der Waals surface area contributed by atoms with Gasteiger partial charge in [0.1, 0.15) is 6.54 Å². The van der Waals surface area contributed by atoms with Crippen LogP contribution in [0.25, 0.3) is 0 Å². The number of amides is 2. The van der Waals surface area contributed by atoms with Gasteiger partial charge in [0.15, 0.2) is 0 Å². The molecule has 2 rings (SSSR count). The summed E-state index contributed by atoms with van der Waals surface area (Å²) in [5, 5.41) is 0. The molecule has 1 aromatic rings. The highest BCUT2D eigenvalue weighted by molar-refractivity contribution is 6.04. The molecule has 1 aromatic heterocycles. The van der Waals surface area contributed by atoms with Crippen LogP contribution >= 0.6 is 0 Å². The highest BCUT2D eigenvalue weighted by Gasteiger charge is 2.31. The number of rotatable bonds is 2. The van der Waals surface area contributed by atoms with Crippen molar-refractivity contribution in [1.29, 1.82) is 0 Å². The van der Waals surface area contributed by atoms with Gasteiger partial charge in [0, 0.05) is 12.8 Å². The predicted molar refractivity (Wildman–Crippen MR) is 57.9 cm³/mol. The van der Waals surface area contributed by atoms with Crippen molar-refractivity contribution in [2.24, 2.45) is 0 Å². The molecule has 1 fully saturated rings. The zero-order valence-corrected chi connectivity index (χ0v) is 9.51. The SMILES string of the molecule is O=C1CCC(=O)N1CC(=O)n1cc(F)c(=O)[nH]c1=O. The minimum absolute atomic E-state index is 0.000988. The third kappa shape index (κ3) is 2.34. The number of aromatic nitrogens is 2. The normalized spacial score (nSPS) is 15.1. The molecule has 100 valence electrons. The average Bonchev–Trinajstić information content (AvgIpc) is 2.65. The largest absolute Gasteiger partial charge is 0.335 e. The van der Waals surface area contributed by atoms with Crippen molar-refractivity contribution in [2.45, 2.75) is 12.8 Å². The van der Waals surface area contributed by atoms with Gasteiger partial charge in [-0.25, -0.2) is 9.36 Å². The molecule has 0 atom stereocenters. The number of hydrogen-bond acceptors (Lipinski definition) is 5. The lowest BCUT2D eigenvalue weighted by atomic mass is 10.4. The number of nitrogens with zero attached hydrogens (tertiary/aromatic N) is 2. The summed E-state index contributed by atoms with van der Waals surface area (Å²) in [6.45, 7) is -0.664. The summed E-state index contributed by atoms with van der Waals surface area (Å²) < 4.78 is 13.3. The van der Waals surface area contributed by atoms with Gasteiger partial charge in [0.25, 0.3) is 11.5 Å². The van der Waals surface area contributed by atoms with E-state index in [1.807, 2.05) is 0 Å². The molecule has 1 saturated heterocycles. The molecule has 2 amide bonds. The number of H-pyrrole nitrogens is 1. The van der Waals surface area contributed by atoms with Gasteiger partial charge in [-0.3, -0.25) is 29.1 Å². The molecule has 2 heterocycles. The van der Waals surface area contributed by atoms with Crippen LogP contribution in [0.1, 0.15) is 17.6 Å². The van der Waals surface area contributed by atoms with Crippen molar-refractivity contribution in [2.75, 3.05) is 6.54 Å². The Bertz CT molecular complexity index is 673. The molecule has 0 saturated carbocycles. The van der Waals surface area contributed by atoms with Crippen LogP contribution in [-0.4, -0.2) is 38.7 Å². The van der Waals surface area contributed by atoms with Gasteiger partial charge >= 0.3 is 5.69 Å². The van der Waals surface area contributed by atoms with Crippen LogP contribution in [0.15, 0.2) is 15.8 Å². The van der Waals surface area contributed by atoms with Crippen LogP contribution in [0.4, 0.5) is 4.39 Å². The number of imide groups is 1. The maximum absolute atomic E-state index is 13.0. The summed E-state index contributed by atoms with van der Waals surface area (Å²) in [6.07, 6.45) is 0.427. The summed E-state index contributed by atoms with van der Waals surface area (Å²) in [5.74, 6) is -3.36. The van der Waals surface area contributed by atoms with Crippen molar-refractivity contribution < 1.29 is 18.8 Å². The Morgan fingerprint density at radius 2 is 1.79 bits per heavy atom. The second-order valence-electron chi connectivity index (χ2n) is 3.87. The molecule has 1 N–H and O–H groups in total. The molecule has 19 heavy (non-hydrogen) atoms. The lowest BCUT2D eigenvalue weighted by molar-refractivity contribution is -0.137. The second-order valence-corrected chi connectivity index (χ2v) is 3.87. The van der Waals surface area contributed by atoms with E-state index < -0.39 is 41.3 Å². The fourth-order valence-electron chi connectivity index (χ4n) is 1.64. The molecule has 8 nitrogen and oxygen atoms in total. The molecule has 0 radical (unpaired) electrons. The van der Waals surface area contributed by atoms with Crippen LogP contribution in [0.3, 0.4) is 0 Å². The van der Waals surface area contributed by atoms with E-state index in [2.05, 4.69) is 0 Å². The fraction of sp³-hybridized carbons (Fsp3) is 0.300. The highest BCUT2D eigenvalue weighted by Crippen LogP contribution is 2.11. The number of aromatic amines is 1. The van der Waals surface area contributed by atoms with E-state index in [-0.39, 0.29) is 12.8 Å². The molecular formula is C10H8FN3O5. The summed E-state index contributed by atoms with van der Waals surface area (Å²) >= 11 is 0. The first-order valence-corrected chi connectivity index (χ1v) is 5.28. The number of carbonyl (C=O) groups excluding carboxylic acids is 3. The van der Waals surface area contributed by atoms with Crippen LogP contribution in [0.2, 0.25) is 0 Å². The monoisotopic (exact) mass is 269 g/mol. The zero-order valence-electron chi connectivity index (χ0n) is 9.51. The molecule has 1 aliphatic rings. The zero-order chi connectivity index (χ0) is 14.2. The van der Waals surface area contributed by atoms with Gasteiger partial charge < -0.3 is 0 Å². The molecule has 9 heteroatoms. The molecule has 0 aromatic carbocycles. The van der Waals surface area contributed by atoms with Gasteiger partial charge in [-0.15, -0.1) is 0 Å². The molecule has 0 unspecified atom stereocenters. The first kappa shape index (κ1) is 12.9. The Hall–Kier alpha value is -2.58. The third-order valence-corrected chi connectivity index (χ3v) is 2.62. The molecule has 0 spiro atoms. The smallest absolute Gasteiger partial charge is 0.274 e. The van der Waals surface area contributed by atoms with E-state index in [9.17, 15) is 28.4 Å². The molecular weight excluding hydrogens is 261 g/mol. The van der Waals surface area contributed by atoms with Crippen molar-refractivity contribution >= 4 is 17.7 Å². The quantitative estimate of drug-likeness (QED) is 0.655. The van der Waals surface area contributed by atoms with E-state index >= 15 is 0 Å². The number of carbonyl (C=O) groups is 3. The summed E-state index contributed by atoms with van der Waals surface area (Å²) in [4.78, 5) is 58.7. The average molecular weight is 269 g/mol. The van der Waals surface area contributed by atoms with Crippen LogP contribution < -0.4 is 11.2 Å². The van der Waals surface area contributed by atoms with Gasteiger partial charge in [0.05, 0.1) is 6.20 Å². The summed E-state index contributed by atoms with van der Waals surface area (Å²) in [6, 6.07) is 0. The van der Waals surface area contributed by atoms with E-state index in [1.54, 1.807) is 4.98 Å². The first-order chi connectivity index (χ1) is 8.90. The number of hydrogen-bond donors (Lipinski definition) is 1. The van der Waals surface area contributed by atoms with Gasteiger partial charge in [-0.05, 0) is 0 Å². The van der Waals surface area contributed by atoms with Crippen LogP contribution in [0.5, 0.6) is 0 Å². The standard InChI is InChI=1S/C10H8FN3O5/c11-5-3-14(10(19)12-9(5)18)8(17)4-13-6(15)1-2-7(13)16/h3H,1-2,4H2,(H,12,18,19). The van der Waals surface area contributed by atoms with Crippen LogP contribution in [-0.2, 0) is 9.59 Å². The number of likely N-dealkylation sites (tertiary alicyclic amines) is 1. The maximum Gasteiger partial charge on any atom is 0.335 e. The van der Waals surface area contributed by atoms with E-state index in [1.165, 1.54) is 0 Å². The van der Waals surface area contributed by atoms with Gasteiger partial charge in [-0.1, -0.05) is 0 Å². The summed E-state index contributed by atoms with van der Waals surface area (Å²) in [7, 11) is 0. The van der Waals surface area contributed by atoms with Crippen molar-refractivity contribution in [3.8, 4) is 0 Å². The van der Waals surface area contributed by atoms with Crippen molar-refractivity contribution in [1.82, 2.24) is 14.5 Å². The van der Waals surface area contributed by atoms with Crippen molar-refractivity contribution in [3.63, 3.8) is 0 Å². The molecule has 1 aliphatic heterocycles. The minimum atomic E-state index is -1.31. The topological polar surface area (TPSA) is 109 Å². The molecule has 0 aliphatic carbocycles. The fourth-order valence-corrected chi connectivity index (χ4v) is 1.64. The van der Waals surface area contributed by atoms with E-state index in [4.69, 9.17) is 0 Å². The Balaban J connectivity index is 2.28. The highest BCUT2D eigenvalue weighted by atomic mass is 19.1. The first-order valence-electron chi connectivity index (χ1n) is 5.28. The Kier molecular flexibility index (Phi) is 3.11. The van der Waals surface area contributed by atoms with Crippen LogP contribution in [0, 0.1) is 5.82 Å². The molecule has 0 bridgehead atoms. The van der Waals surface area contributed by atoms with Gasteiger partial charge in [-0.2, -0.15) is 4.39 Å². The minimum Gasteiger partial charge on any atom is -0.274 e. The van der Waals surface area contributed by atoms with Gasteiger partial charge in [0.2, 0.25) is 17.6 Å². The third-order valence-electron chi connectivity index (χ3n) is 2.62. The van der Waals surface area contributed by atoms with Crippen molar-refractivity contribution in [3.05, 3.63) is 32.9 Å². The Morgan fingerprint density at radius 1 is 1.21 bits per heavy atom. The number of halogens is 1. The van der Waals surface area contributed by atoms with E-state index in [0.717, 1.165) is 0 Å². The predicted octanol–water partition coefficient (Wildman–Crippen LogP) is -1.54. The lowest BCUT2D eigenvalue weighted by Crippen LogP contribution is -2.42.